The van der Waals surface area contributed by atoms with E-state index in [4.69, 9.17) is 0 Å². The van der Waals surface area contributed by atoms with Crippen molar-refractivity contribution in [2.24, 2.45) is 11.8 Å². The number of aromatic nitrogens is 2. The molecular weight excluding hydrogens is 250 g/mol. The van der Waals surface area contributed by atoms with Crippen LogP contribution in [0.3, 0.4) is 0 Å². The zero-order valence-electron chi connectivity index (χ0n) is 11.7. The van der Waals surface area contributed by atoms with Gasteiger partial charge < -0.3 is 4.90 Å². The van der Waals surface area contributed by atoms with E-state index in [0.29, 0.717) is 11.8 Å². The maximum atomic E-state index is 12.6. The molecule has 1 aromatic heterocycles. The minimum atomic E-state index is 0.270. The molecule has 2 aliphatic rings. The monoisotopic (exact) mass is 269 g/mol. The lowest BCUT2D eigenvalue weighted by Crippen LogP contribution is -2.27. The second kappa shape index (κ2) is 4.33. The zero-order chi connectivity index (χ0) is 13.7. The number of carbonyl (C=O) groups excluding carboxylic acids is 1. The second-order valence-electron chi connectivity index (χ2n) is 5.92. The van der Waals surface area contributed by atoms with Crippen LogP contribution in [-0.2, 0) is 11.3 Å². The molecule has 1 aliphatic heterocycles. The third-order valence-corrected chi connectivity index (χ3v) is 4.91. The third kappa shape index (κ3) is 1.54. The predicted octanol–water partition coefficient (Wildman–Crippen LogP) is 2.82. The van der Waals surface area contributed by atoms with Crippen LogP contribution in [0, 0.1) is 11.8 Å². The lowest BCUT2D eigenvalue weighted by Gasteiger charge is -2.18. The van der Waals surface area contributed by atoms with Gasteiger partial charge >= 0.3 is 0 Å². The Morgan fingerprint density at radius 1 is 1.35 bits per heavy atom. The van der Waals surface area contributed by atoms with Gasteiger partial charge in [0.05, 0.1) is 17.4 Å². The fraction of sp³-hybridized carbons (Fsp3) is 0.500. The molecule has 2 fully saturated rings. The standard InChI is InChI=1S/C16H19N3O/c1-2-19-15-8-4-7-14(13(15)9-17-19)18-10-11-5-3-6-12(11)16(18)20/h4,7-9,11-12H,2-3,5-6,10H2,1H3. The molecule has 0 spiro atoms. The van der Waals surface area contributed by atoms with Crippen molar-refractivity contribution < 1.29 is 4.79 Å². The van der Waals surface area contributed by atoms with E-state index in [-0.39, 0.29) is 5.92 Å². The Bertz CT molecular complexity index is 675. The van der Waals surface area contributed by atoms with E-state index in [0.717, 1.165) is 36.1 Å². The van der Waals surface area contributed by atoms with Gasteiger partial charge in [-0.2, -0.15) is 5.10 Å². The van der Waals surface area contributed by atoms with Gasteiger partial charge in [-0.1, -0.05) is 12.5 Å². The number of carbonyl (C=O) groups is 1. The first-order valence-corrected chi connectivity index (χ1v) is 7.55. The van der Waals surface area contributed by atoms with E-state index in [1.807, 2.05) is 21.8 Å². The fourth-order valence-corrected chi connectivity index (χ4v) is 3.90. The Hall–Kier alpha value is -1.84. The molecule has 2 unspecified atom stereocenters. The summed E-state index contributed by atoms with van der Waals surface area (Å²) in [6, 6.07) is 6.17. The van der Waals surface area contributed by atoms with Gasteiger partial charge in [0.15, 0.2) is 0 Å². The van der Waals surface area contributed by atoms with Crippen molar-refractivity contribution in [1.82, 2.24) is 9.78 Å². The largest absolute Gasteiger partial charge is 0.311 e. The molecule has 1 amide bonds. The number of fused-ring (bicyclic) bond motifs is 2. The summed E-state index contributed by atoms with van der Waals surface area (Å²) >= 11 is 0. The molecule has 20 heavy (non-hydrogen) atoms. The highest BCUT2D eigenvalue weighted by atomic mass is 16.2. The zero-order valence-corrected chi connectivity index (χ0v) is 11.7. The molecule has 4 rings (SSSR count). The van der Waals surface area contributed by atoms with Crippen molar-refractivity contribution in [1.29, 1.82) is 0 Å². The van der Waals surface area contributed by atoms with E-state index in [2.05, 4.69) is 24.2 Å². The molecule has 2 heterocycles. The van der Waals surface area contributed by atoms with Gasteiger partial charge in [0.25, 0.3) is 0 Å². The number of hydrogen-bond acceptors (Lipinski definition) is 2. The van der Waals surface area contributed by atoms with Crippen LogP contribution < -0.4 is 4.90 Å². The van der Waals surface area contributed by atoms with E-state index >= 15 is 0 Å². The van der Waals surface area contributed by atoms with Crippen molar-refractivity contribution in [3.05, 3.63) is 24.4 Å². The van der Waals surface area contributed by atoms with E-state index in [1.165, 1.54) is 12.8 Å². The van der Waals surface area contributed by atoms with Crippen LogP contribution >= 0.6 is 0 Å². The van der Waals surface area contributed by atoms with Crippen LogP contribution in [0.1, 0.15) is 26.2 Å². The first-order valence-electron chi connectivity index (χ1n) is 7.55. The van der Waals surface area contributed by atoms with Crippen LogP contribution in [0.25, 0.3) is 10.9 Å². The summed E-state index contributed by atoms with van der Waals surface area (Å²) in [7, 11) is 0. The van der Waals surface area contributed by atoms with Gasteiger partial charge in [0, 0.05) is 24.4 Å². The topological polar surface area (TPSA) is 38.1 Å². The first-order chi connectivity index (χ1) is 9.79. The Kier molecular flexibility index (Phi) is 2.59. The quantitative estimate of drug-likeness (QED) is 0.840. The number of rotatable bonds is 2. The van der Waals surface area contributed by atoms with Gasteiger partial charge in [-0.15, -0.1) is 0 Å². The number of benzene rings is 1. The second-order valence-corrected chi connectivity index (χ2v) is 5.92. The lowest BCUT2D eigenvalue weighted by atomic mass is 10.0. The number of aryl methyl sites for hydroxylation is 1. The van der Waals surface area contributed by atoms with Crippen molar-refractivity contribution >= 4 is 22.5 Å². The van der Waals surface area contributed by atoms with Crippen LogP contribution in [-0.4, -0.2) is 22.2 Å². The highest BCUT2D eigenvalue weighted by molar-refractivity contribution is 6.05. The number of amides is 1. The fourth-order valence-electron chi connectivity index (χ4n) is 3.90. The summed E-state index contributed by atoms with van der Waals surface area (Å²) in [5.74, 6) is 1.16. The molecular formula is C16H19N3O. The highest BCUT2D eigenvalue weighted by Crippen LogP contribution is 2.42. The highest BCUT2D eigenvalue weighted by Gasteiger charge is 2.43. The predicted molar refractivity (Wildman–Crippen MR) is 78.6 cm³/mol. The summed E-state index contributed by atoms with van der Waals surface area (Å²) in [6.07, 6.45) is 5.39. The third-order valence-electron chi connectivity index (χ3n) is 4.91. The van der Waals surface area contributed by atoms with Gasteiger partial charge in [-0.05, 0) is 37.8 Å². The summed E-state index contributed by atoms with van der Waals surface area (Å²) in [4.78, 5) is 14.6. The maximum Gasteiger partial charge on any atom is 0.230 e. The Labute approximate surface area is 118 Å². The Balaban J connectivity index is 1.79. The molecule has 0 radical (unpaired) electrons. The lowest BCUT2D eigenvalue weighted by molar-refractivity contribution is -0.120. The number of nitrogens with zero attached hydrogens (tertiary/aromatic N) is 3. The number of anilines is 1. The smallest absolute Gasteiger partial charge is 0.230 e. The molecule has 104 valence electrons. The number of hydrogen-bond donors (Lipinski definition) is 0. The van der Waals surface area contributed by atoms with Crippen LogP contribution in [0.4, 0.5) is 5.69 Å². The van der Waals surface area contributed by atoms with Gasteiger partial charge in [-0.3, -0.25) is 9.48 Å². The molecule has 1 aliphatic carbocycles. The average Bonchev–Trinajstić information content (AvgIpc) is 3.14. The van der Waals surface area contributed by atoms with E-state index in [9.17, 15) is 4.79 Å². The SMILES string of the molecule is CCn1ncc2c(N3CC4CCCC4C3=O)cccc21. The van der Waals surface area contributed by atoms with E-state index in [1.54, 1.807) is 0 Å². The van der Waals surface area contributed by atoms with Gasteiger partial charge in [0.2, 0.25) is 5.91 Å². The van der Waals surface area contributed by atoms with Gasteiger partial charge in [-0.25, -0.2) is 0 Å². The maximum absolute atomic E-state index is 12.6. The first kappa shape index (κ1) is 11.9. The molecule has 4 heteroatoms. The molecule has 0 bridgehead atoms. The molecule has 1 aromatic carbocycles. The molecule has 1 saturated heterocycles. The molecule has 2 aromatic rings. The minimum absolute atomic E-state index is 0.270. The van der Waals surface area contributed by atoms with Crippen molar-refractivity contribution in [3.63, 3.8) is 0 Å². The molecule has 0 N–H and O–H groups in total. The molecule has 4 nitrogen and oxygen atoms in total. The summed E-state index contributed by atoms with van der Waals surface area (Å²) in [5, 5.41) is 5.52. The summed E-state index contributed by atoms with van der Waals surface area (Å²) < 4.78 is 1.99. The van der Waals surface area contributed by atoms with Crippen LogP contribution in [0.5, 0.6) is 0 Å². The molecule has 2 atom stereocenters. The molecule has 1 saturated carbocycles. The van der Waals surface area contributed by atoms with E-state index < -0.39 is 0 Å². The van der Waals surface area contributed by atoms with Crippen LogP contribution in [0.15, 0.2) is 24.4 Å². The van der Waals surface area contributed by atoms with Crippen molar-refractivity contribution in [2.75, 3.05) is 11.4 Å². The summed E-state index contributed by atoms with van der Waals surface area (Å²) in [5.41, 5.74) is 2.16. The summed E-state index contributed by atoms with van der Waals surface area (Å²) in [6.45, 7) is 3.83. The average molecular weight is 269 g/mol. The van der Waals surface area contributed by atoms with Crippen molar-refractivity contribution in [2.45, 2.75) is 32.7 Å². The Morgan fingerprint density at radius 3 is 3.05 bits per heavy atom. The normalized spacial score (nSPS) is 25.6. The Morgan fingerprint density at radius 2 is 2.25 bits per heavy atom. The van der Waals surface area contributed by atoms with Crippen molar-refractivity contribution in [3.8, 4) is 0 Å². The minimum Gasteiger partial charge on any atom is -0.311 e. The van der Waals surface area contributed by atoms with Gasteiger partial charge in [0.1, 0.15) is 0 Å². The van der Waals surface area contributed by atoms with Crippen LogP contribution in [0.2, 0.25) is 0 Å².